The Morgan fingerprint density at radius 3 is 2.55 bits per heavy atom. The van der Waals surface area contributed by atoms with Crippen LogP contribution in [0, 0.1) is 0 Å². The van der Waals surface area contributed by atoms with Crippen molar-refractivity contribution < 1.29 is 30.6 Å². The largest absolute Gasteiger partial charge is 0.534 e. The molecule has 1 aromatic heterocycles. The molecular formula is C10H7F3N2O4S. The fraction of sp³-hybridized carbons (Fsp3) is 0.200. The van der Waals surface area contributed by atoms with Crippen LogP contribution in [-0.2, 0) is 10.1 Å². The number of carbonyl (C=O) groups excluding carboxylic acids is 1. The summed E-state index contributed by atoms with van der Waals surface area (Å²) in [5, 5.41) is 3.96. The van der Waals surface area contributed by atoms with E-state index in [-0.39, 0.29) is 10.9 Å². The number of benzene rings is 1. The molecule has 20 heavy (non-hydrogen) atoms. The van der Waals surface area contributed by atoms with Crippen LogP contribution in [0.3, 0.4) is 0 Å². The van der Waals surface area contributed by atoms with Crippen molar-refractivity contribution in [2.75, 3.05) is 0 Å². The van der Waals surface area contributed by atoms with Crippen LogP contribution in [0.1, 0.15) is 11.7 Å². The summed E-state index contributed by atoms with van der Waals surface area (Å²) in [5.41, 5.74) is -5.70. The highest BCUT2D eigenvalue weighted by Gasteiger charge is 2.48. The number of halogens is 3. The second kappa shape index (κ2) is 4.47. The third-order valence-corrected chi connectivity index (χ3v) is 3.27. The van der Waals surface area contributed by atoms with Gasteiger partial charge >= 0.3 is 15.6 Å². The van der Waals surface area contributed by atoms with E-state index in [0.717, 1.165) is 10.7 Å². The highest BCUT2D eigenvalue weighted by Crippen LogP contribution is 2.30. The second-order valence-corrected chi connectivity index (χ2v) is 5.31. The van der Waals surface area contributed by atoms with Crippen LogP contribution in [0.5, 0.6) is 5.75 Å². The number of carbonyl (C=O) groups is 1. The highest BCUT2D eigenvalue weighted by atomic mass is 32.2. The Morgan fingerprint density at radius 1 is 1.35 bits per heavy atom. The lowest BCUT2D eigenvalue weighted by atomic mass is 10.2. The zero-order valence-electron chi connectivity index (χ0n) is 9.88. The van der Waals surface area contributed by atoms with Crippen molar-refractivity contribution in [1.82, 2.24) is 9.78 Å². The SMILES string of the molecule is CC(=O)n1cc2cccc(OS(=O)(=O)C(F)(F)F)c2n1. The molecule has 0 bridgehead atoms. The Hall–Kier alpha value is -2.10. The lowest BCUT2D eigenvalue weighted by molar-refractivity contribution is -0.0499. The van der Waals surface area contributed by atoms with Crippen molar-refractivity contribution in [3.05, 3.63) is 24.4 Å². The minimum Gasteiger partial charge on any atom is -0.374 e. The van der Waals surface area contributed by atoms with Gasteiger partial charge in [0.05, 0.1) is 0 Å². The number of hydrogen-bond donors (Lipinski definition) is 0. The zero-order chi connectivity index (χ0) is 15.1. The van der Waals surface area contributed by atoms with E-state index < -0.39 is 27.3 Å². The maximum atomic E-state index is 12.3. The number of alkyl halides is 3. The molecule has 2 rings (SSSR count). The Labute approximate surface area is 110 Å². The number of fused-ring (bicyclic) bond motifs is 1. The first kappa shape index (κ1) is 14.3. The summed E-state index contributed by atoms with van der Waals surface area (Å²) in [4.78, 5) is 11.1. The Morgan fingerprint density at radius 2 is 2.00 bits per heavy atom. The van der Waals surface area contributed by atoms with E-state index in [9.17, 15) is 26.4 Å². The molecule has 0 N–H and O–H groups in total. The van der Waals surface area contributed by atoms with Gasteiger partial charge in [-0.1, -0.05) is 12.1 Å². The van der Waals surface area contributed by atoms with Crippen molar-refractivity contribution in [3.8, 4) is 5.75 Å². The Kier molecular flexibility index (Phi) is 3.20. The summed E-state index contributed by atoms with van der Waals surface area (Å²) in [6, 6.07) is 3.76. The third-order valence-electron chi connectivity index (χ3n) is 2.30. The quantitative estimate of drug-likeness (QED) is 0.625. The number of hydrogen-bond acceptors (Lipinski definition) is 5. The molecular weight excluding hydrogens is 301 g/mol. The first-order valence-corrected chi connectivity index (χ1v) is 6.53. The fourth-order valence-corrected chi connectivity index (χ4v) is 1.88. The van der Waals surface area contributed by atoms with Gasteiger partial charge in [0.2, 0.25) is 5.91 Å². The maximum Gasteiger partial charge on any atom is 0.534 e. The van der Waals surface area contributed by atoms with E-state index in [1.54, 1.807) is 0 Å². The molecule has 6 nitrogen and oxygen atoms in total. The van der Waals surface area contributed by atoms with E-state index in [2.05, 4.69) is 9.28 Å². The van der Waals surface area contributed by atoms with Crippen LogP contribution in [0.2, 0.25) is 0 Å². The monoisotopic (exact) mass is 308 g/mol. The minimum atomic E-state index is -5.79. The normalized spacial score (nSPS) is 12.6. The molecule has 0 atom stereocenters. The molecule has 108 valence electrons. The molecule has 2 aromatic rings. The number of aromatic nitrogens is 2. The van der Waals surface area contributed by atoms with Gasteiger partial charge in [-0.05, 0) is 6.07 Å². The van der Waals surface area contributed by atoms with Gasteiger partial charge in [0.25, 0.3) is 0 Å². The van der Waals surface area contributed by atoms with E-state index in [1.807, 2.05) is 0 Å². The smallest absolute Gasteiger partial charge is 0.374 e. The molecule has 1 heterocycles. The van der Waals surface area contributed by atoms with E-state index in [1.165, 1.54) is 25.3 Å². The average molecular weight is 308 g/mol. The highest BCUT2D eigenvalue weighted by molar-refractivity contribution is 7.88. The predicted molar refractivity (Wildman–Crippen MR) is 61.6 cm³/mol. The maximum absolute atomic E-state index is 12.3. The first-order valence-electron chi connectivity index (χ1n) is 5.12. The number of nitrogens with zero attached hydrogens (tertiary/aromatic N) is 2. The van der Waals surface area contributed by atoms with Gasteiger partial charge in [0.1, 0.15) is 5.52 Å². The van der Waals surface area contributed by atoms with Crippen molar-refractivity contribution >= 4 is 26.9 Å². The van der Waals surface area contributed by atoms with Crippen LogP contribution in [0.25, 0.3) is 10.9 Å². The molecule has 0 saturated heterocycles. The van der Waals surface area contributed by atoms with Crippen LogP contribution in [0.4, 0.5) is 13.2 Å². The zero-order valence-corrected chi connectivity index (χ0v) is 10.7. The van der Waals surface area contributed by atoms with Crippen LogP contribution < -0.4 is 4.18 Å². The molecule has 0 saturated carbocycles. The van der Waals surface area contributed by atoms with Crippen molar-refractivity contribution in [3.63, 3.8) is 0 Å². The van der Waals surface area contributed by atoms with Crippen LogP contribution in [0.15, 0.2) is 24.4 Å². The lowest BCUT2D eigenvalue weighted by Gasteiger charge is -2.09. The summed E-state index contributed by atoms with van der Waals surface area (Å²) in [6.45, 7) is 1.19. The van der Waals surface area contributed by atoms with Crippen molar-refractivity contribution in [1.29, 1.82) is 0 Å². The summed E-state index contributed by atoms with van der Waals surface area (Å²) >= 11 is 0. The predicted octanol–water partition coefficient (Wildman–Crippen LogP) is 1.92. The molecule has 0 unspecified atom stereocenters. The van der Waals surface area contributed by atoms with Gasteiger partial charge in [0.15, 0.2) is 5.75 Å². The van der Waals surface area contributed by atoms with Gasteiger partial charge in [-0.15, -0.1) is 0 Å². The molecule has 0 amide bonds. The van der Waals surface area contributed by atoms with Crippen LogP contribution >= 0.6 is 0 Å². The summed E-state index contributed by atoms with van der Waals surface area (Å²) in [5.74, 6) is -1.08. The summed E-state index contributed by atoms with van der Waals surface area (Å²) < 4.78 is 63.6. The third kappa shape index (κ3) is 2.46. The average Bonchev–Trinajstić information content (AvgIpc) is 2.72. The molecule has 0 aliphatic heterocycles. The molecule has 0 fully saturated rings. The molecule has 1 aromatic carbocycles. The van der Waals surface area contributed by atoms with Gasteiger partial charge in [-0.25, -0.2) is 4.68 Å². The second-order valence-electron chi connectivity index (χ2n) is 3.77. The van der Waals surface area contributed by atoms with Gasteiger partial charge in [-0.2, -0.15) is 26.7 Å². The van der Waals surface area contributed by atoms with Gasteiger partial charge in [0, 0.05) is 18.5 Å². The molecule has 0 spiro atoms. The number of rotatable bonds is 2. The standard InChI is InChI=1S/C10H7F3N2O4S/c1-6(16)15-5-7-3-2-4-8(9(7)14-15)19-20(17,18)10(11,12)13/h2-5H,1H3. The fourth-order valence-electron chi connectivity index (χ4n) is 1.41. The molecule has 0 aliphatic rings. The van der Waals surface area contributed by atoms with Gasteiger partial charge in [-0.3, -0.25) is 4.79 Å². The molecule has 0 aliphatic carbocycles. The van der Waals surface area contributed by atoms with Gasteiger partial charge < -0.3 is 4.18 Å². The summed E-state index contributed by atoms with van der Waals surface area (Å²) in [6.07, 6.45) is 1.25. The molecule has 10 heteroatoms. The Balaban J connectivity index is 2.53. The topological polar surface area (TPSA) is 78.3 Å². The lowest BCUT2D eigenvalue weighted by Crippen LogP contribution is -2.28. The van der Waals surface area contributed by atoms with E-state index >= 15 is 0 Å². The van der Waals surface area contributed by atoms with Crippen molar-refractivity contribution in [2.45, 2.75) is 12.4 Å². The Bertz CT molecular complexity index is 779. The minimum absolute atomic E-state index is 0.157. The van der Waals surface area contributed by atoms with E-state index in [4.69, 9.17) is 0 Å². The molecule has 0 radical (unpaired) electrons. The van der Waals surface area contributed by atoms with E-state index in [0.29, 0.717) is 0 Å². The first-order chi connectivity index (χ1) is 9.12. The summed E-state index contributed by atoms with van der Waals surface area (Å²) in [7, 11) is -5.79. The van der Waals surface area contributed by atoms with Crippen molar-refractivity contribution in [2.24, 2.45) is 0 Å². The van der Waals surface area contributed by atoms with Crippen LogP contribution in [-0.4, -0.2) is 29.6 Å².